The molecular formula is C18H15N7O2S2. The van der Waals surface area contributed by atoms with Crippen molar-refractivity contribution in [2.24, 2.45) is 0 Å². The van der Waals surface area contributed by atoms with E-state index in [0.717, 1.165) is 5.69 Å². The predicted octanol–water partition coefficient (Wildman–Crippen LogP) is 2.17. The summed E-state index contributed by atoms with van der Waals surface area (Å²) in [7, 11) is 0. The van der Waals surface area contributed by atoms with Gasteiger partial charge in [0.05, 0.1) is 17.9 Å². The number of rotatable bonds is 7. The van der Waals surface area contributed by atoms with Crippen molar-refractivity contribution in [3.8, 4) is 29.1 Å². The molecule has 0 saturated carbocycles. The SMILES string of the molecule is N#Cc1c(N)nc(SCc2csc(N)n2)c(C#N)c1-c1ccc(OCCO)nc1. The molecule has 0 aliphatic carbocycles. The summed E-state index contributed by atoms with van der Waals surface area (Å²) in [5, 5.41) is 30.9. The lowest BCUT2D eigenvalue weighted by molar-refractivity contribution is 0.196. The summed E-state index contributed by atoms with van der Waals surface area (Å²) in [6.07, 6.45) is 1.48. The highest BCUT2D eigenvalue weighted by Crippen LogP contribution is 2.36. The van der Waals surface area contributed by atoms with Crippen LogP contribution >= 0.6 is 23.1 Å². The van der Waals surface area contributed by atoms with Crippen LogP contribution in [0.15, 0.2) is 28.7 Å². The lowest BCUT2D eigenvalue weighted by Crippen LogP contribution is -2.05. The van der Waals surface area contributed by atoms with Gasteiger partial charge in [0.2, 0.25) is 5.88 Å². The molecular weight excluding hydrogens is 410 g/mol. The number of anilines is 2. The van der Waals surface area contributed by atoms with Crippen molar-refractivity contribution in [3.63, 3.8) is 0 Å². The van der Waals surface area contributed by atoms with E-state index in [4.69, 9.17) is 21.3 Å². The van der Waals surface area contributed by atoms with Crippen molar-refractivity contribution in [2.45, 2.75) is 10.8 Å². The number of pyridine rings is 2. The number of nitriles is 2. The molecule has 9 nitrogen and oxygen atoms in total. The van der Waals surface area contributed by atoms with Crippen molar-refractivity contribution in [3.05, 3.63) is 40.5 Å². The van der Waals surface area contributed by atoms with Crippen LogP contribution in [0.3, 0.4) is 0 Å². The van der Waals surface area contributed by atoms with E-state index < -0.39 is 0 Å². The van der Waals surface area contributed by atoms with Crippen molar-refractivity contribution in [1.82, 2.24) is 15.0 Å². The molecule has 0 saturated heterocycles. The lowest BCUT2D eigenvalue weighted by Gasteiger charge is -2.13. The molecule has 0 unspecified atom stereocenters. The van der Waals surface area contributed by atoms with Crippen LogP contribution in [0.4, 0.5) is 10.9 Å². The molecule has 11 heteroatoms. The maximum Gasteiger partial charge on any atom is 0.213 e. The first-order valence-electron chi connectivity index (χ1n) is 8.23. The molecule has 0 atom stereocenters. The Labute approximate surface area is 174 Å². The fourth-order valence-corrected chi connectivity index (χ4v) is 4.04. The van der Waals surface area contributed by atoms with Gasteiger partial charge in [-0.25, -0.2) is 15.0 Å². The Morgan fingerprint density at radius 1 is 1.17 bits per heavy atom. The molecule has 3 heterocycles. The highest BCUT2D eigenvalue weighted by molar-refractivity contribution is 7.98. The second-order valence-electron chi connectivity index (χ2n) is 5.57. The molecule has 0 aliphatic rings. The summed E-state index contributed by atoms with van der Waals surface area (Å²) in [5.41, 5.74) is 13.6. The van der Waals surface area contributed by atoms with Crippen LogP contribution in [0.25, 0.3) is 11.1 Å². The van der Waals surface area contributed by atoms with Crippen molar-refractivity contribution < 1.29 is 9.84 Å². The summed E-state index contributed by atoms with van der Waals surface area (Å²) in [4.78, 5) is 12.6. The van der Waals surface area contributed by atoms with Gasteiger partial charge in [0, 0.05) is 34.5 Å². The Kier molecular flexibility index (Phi) is 6.46. The zero-order chi connectivity index (χ0) is 20.8. The first-order valence-corrected chi connectivity index (χ1v) is 10.1. The van der Waals surface area contributed by atoms with E-state index in [1.54, 1.807) is 12.1 Å². The minimum atomic E-state index is -0.132. The number of nitrogens with zero attached hydrogens (tertiary/aromatic N) is 5. The fourth-order valence-electron chi connectivity index (χ4n) is 2.49. The van der Waals surface area contributed by atoms with Gasteiger partial charge in [0.1, 0.15) is 35.2 Å². The molecule has 0 spiro atoms. The van der Waals surface area contributed by atoms with Gasteiger partial charge in [-0.3, -0.25) is 0 Å². The number of aliphatic hydroxyl groups excluding tert-OH is 1. The molecule has 5 N–H and O–H groups in total. The first kappa shape index (κ1) is 20.4. The molecule has 0 aliphatic heterocycles. The average Bonchev–Trinajstić information content (AvgIpc) is 3.15. The standard InChI is InChI=1S/C18H15N7O2S2/c19-5-12-15(10-1-2-14(23-7-10)27-4-3-26)13(6-20)17(25-16(12)21)28-8-11-9-29-18(22)24-11/h1-2,7,9,26H,3-4,8H2,(H2,21,25)(H2,22,24). The number of aliphatic hydroxyl groups is 1. The zero-order valence-corrected chi connectivity index (χ0v) is 16.6. The monoisotopic (exact) mass is 425 g/mol. The van der Waals surface area contributed by atoms with E-state index in [1.165, 1.54) is 29.3 Å². The average molecular weight is 425 g/mol. The number of nitrogen functional groups attached to an aromatic ring is 2. The maximum atomic E-state index is 9.78. The highest BCUT2D eigenvalue weighted by Gasteiger charge is 2.21. The van der Waals surface area contributed by atoms with E-state index in [1.807, 2.05) is 11.4 Å². The van der Waals surface area contributed by atoms with E-state index in [2.05, 4.69) is 21.0 Å². The normalized spacial score (nSPS) is 10.3. The molecule has 146 valence electrons. The summed E-state index contributed by atoms with van der Waals surface area (Å²) in [6.45, 7) is -0.0178. The predicted molar refractivity (Wildman–Crippen MR) is 110 cm³/mol. The fraction of sp³-hybridized carbons (Fsp3) is 0.167. The molecule has 3 aromatic heterocycles. The zero-order valence-electron chi connectivity index (χ0n) is 15.0. The summed E-state index contributed by atoms with van der Waals surface area (Å²) in [6, 6.07) is 7.42. The third kappa shape index (κ3) is 4.55. The lowest BCUT2D eigenvalue weighted by atomic mass is 9.98. The van der Waals surface area contributed by atoms with Crippen LogP contribution in [-0.4, -0.2) is 33.3 Å². The third-order valence-electron chi connectivity index (χ3n) is 3.71. The molecule has 0 amide bonds. The van der Waals surface area contributed by atoms with Gasteiger partial charge in [-0.2, -0.15) is 10.5 Å². The largest absolute Gasteiger partial charge is 0.475 e. The second kappa shape index (κ2) is 9.21. The Balaban J connectivity index is 2.01. The Bertz CT molecular complexity index is 1100. The summed E-state index contributed by atoms with van der Waals surface area (Å²) >= 11 is 2.62. The van der Waals surface area contributed by atoms with Crippen LogP contribution in [0.1, 0.15) is 16.8 Å². The molecule has 29 heavy (non-hydrogen) atoms. The van der Waals surface area contributed by atoms with Gasteiger partial charge >= 0.3 is 0 Å². The number of aromatic nitrogens is 3. The van der Waals surface area contributed by atoms with E-state index in [-0.39, 0.29) is 30.2 Å². The number of nitrogens with two attached hydrogens (primary N) is 2. The smallest absolute Gasteiger partial charge is 0.213 e. The first-order chi connectivity index (χ1) is 14.1. The molecule has 3 aromatic rings. The number of thiazole rings is 1. The van der Waals surface area contributed by atoms with Crippen molar-refractivity contribution in [1.29, 1.82) is 10.5 Å². The number of hydrogen-bond donors (Lipinski definition) is 3. The Hall–Kier alpha value is -3.38. The van der Waals surface area contributed by atoms with Gasteiger partial charge < -0.3 is 21.3 Å². The molecule has 0 radical (unpaired) electrons. The van der Waals surface area contributed by atoms with Gasteiger partial charge in [-0.15, -0.1) is 11.3 Å². The maximum absolute atomic E-state index is 9.78. The molecule has 0 bridgehead atoms. The van der Waals surface area contributed by atoms with Crippen LogP contribution in [0, 0.1) is 22.7 Å². The van der Waals surface area contributed by atoms with Gasteiger partial charge in [0.15, 0.2) is 5.13 Å². The minimum absolute atomic E-state index is 0.0300. The van der Waals surface area contributed by atoms with E-state index in [9.17, 15) is 10.5 Å². The Morgan fingerprint density at radius 2 is 1.97 bits per heavy atom. The van der Waals surface area contributed by atoms with E-state index >= 15 is 0 Å². The number of ether oxygens (including phenoxy) is 1. The second-order valence-corrected chi connectivity index (χ2v) is 7.43. The molecule has 0 aromatic carbocycles. The number of hydrogen-bond acceptors (Lipinski definition) is 11. The minimum Gasteiger partial charge on any atom is -0.475 e. The van der Waals surface area contributed by atoms with Crippen LogP contribution in [0.2, 0.25) is 0 Å². The Morgan fingerprint density at radius 3 is 2.55 bits per heavy atom. The summed E-state index contributed by atoms with van der Waals surface area (Å²) in [5.74, 6) is 0.798. The van der Waals surface area contributed by atoms with Crippen molar-refractivity contribution >= 4 is 34.0 Å². The summed E-state index contributed by atoms with van der Waals surface area (Å²) < 4.78 is 5.25. The topological polar surface area (TPSA) is 168 Å². The third-order valence-corrected chi connectivity index (χ3v) is 5.44. The molecule has 3 rings (SSSR count). The van der Waals surface area contributed by atoms with Gasteiger partial charge in [-0.05, 0) is 6.07 Å². The van der Waals surface area contributed by atoms with Gasteiger partial charge in [0.25, 0.3) is 0 Å². The van der Waals surface area contributed by atoms with Crippen molar-refractivity contribution in [2.75, 3.05) is 24.7 Å². The van der Waals surface area contributed by atoms with Crippen LogP contribution in [0.5, 0.6) is 5.88 Å². The van der Waals surface area contributed by atoms with Crippen LogP contribution in [-0.2, 0) is 5.75 Å². The number of thioether (sulfide) groups is 1. The van der Waals surface area contributed by atoms with Crippen LogP contribution < -0.4 is 16.2 Å². The van der Waals surface area contributed by atoms with E-state index in [0.29, 0.717) is 32.9 Å². The molecule has 0 fully saturated rings. The highest BCUT2D eigenvalue weighted by atomic mass is 32.2. The quantitative estimate of drug-likeness (QED) is 0.477. The van der Waals surface area contributed by atoms with Gasteiger partial charge in [-0.1, -0.05) is 11.8 Å².